The zero-order chi connectivity index (χ0) is 22.2. The summed E-state index contributed by atoms with van der Waals surface area (Å²) in [5, 5.41) is 13.9. The number of aliphatic hydroxyl groups is 1. The third-order valence-electron chi connectivity index (χ3n) is 7.37. The molecule has 3 atom stereocenters. The number of imidazole rings is 1. The van der Waals surface area contributed by atoms with Crippen molar-refractivity contribution in [3.63, 3.8) is 0 Å². The Morgan fingerprint density at radius 3 is 2.71 bits per heavy atom. The lowest BCUT2D eigenvalue weighted by atomic mass is 9.86. The van der Waals surface area contributed by atoms with Crippen LogP contribution in [0.4, 0.5) is 4.79 Å². The van der Waals surface area contributed by atoms with Gasteiger partial charge in [0.15, 0.2) is 0 Å². The van der Waals surface area contributed by atoms with Crippen molar-refractivity contribution in [3.05, 3.63) is 18.2 Å². The van der Waals surface area contributed by atoms with Crippen LogP contribution in [0.3, 0.4) is 0 Å². The smallest absolute Gasteiger partial charge is 0.325 e. The quantitative estimate of drug-likeness (QED) is 0.667. The van der Waals surface area contributed by atoms with Crippen LogP contribution in [0.2, 0.25) is 0 Å². The first-order valence-electron chi connectivity index (χ1n) is 11.4. The summed E-state index contributed by atoms with van der Waals surface area (Å²) >= 11 is 0. The Kier molecular flexibility index (Phi) is 6.05. The van der Waals surface area contributed by atoms with Crippen LogP contribution in [0.5, 0.6) is 0 Å². The van der Waals surface area contributed by atoms with Crippen LogP contribution in [-0.4, -0.2) is 73.6 Å². The lowest BCUT2D eigenvalue weighted by Crippen LogP contribution is -2.50. The molecule has 4 amide bonds. The molecule has 1 aromatic rings. The number of nitrogens with zero attached hydrogens (tertiary/aromatic N) is 4. The van der Waals surface area contributed by atoms with Gasteiger partial charge in [-0.2, -0.15) is 0 Å². The van der Waals surface area contributed by atoms with Gasteiger partial charge in [-0.15, -0.1) is 0 Å². The molecule has 3 fully saturated rings. The van der Waals surface area contributed by atoms with Crippen molar-refractivity contribution in [1.82, 2.24) is 24.7 Å². The van der Waals surface area contributed by atoms with Crippen LogP contribution in [0.15, 0.2) is 12.4 Å². The first-order valence-corrected chi connectivity index (χ1v) is 11.4. The largest absolute Gasteiger partial charge is 0.389 e. The van der Waals surface area contributed by atoms with Crippen LogP contribution < -0.4 is 5.32 Å². The molecule has 1 saturated heterocycles. The molecule has 0 radical (unpaired) electrons. The van der Waals surface area contributed by atoms with E-state index in [2.05, 4.69) is 10.3 Å². The van der Waals surface area contributed by atoms with Crippen molar-refractivity contribution in [3.8, 4) is 0 Å². The van der Waals surface area contributed by atoms with Gasteiger partial charge >= 0.3 is 6.03 Å². The molecule has 0 aromatic carbocycles. The van der Waals surface area contributed by atoms with Gasteiger partial charge < -0.3 is 19.9 Å². The van der Waals surface area contributed by atoms with E-state index in [4.69, 9.17) is 0 Å². The average molecular weight is 432 g/mol. The summed E-state index contributed by atoms with van der Waals surface area (Å²) in [7, 11) is 1.74. The van der Waals surface area contributed by atoms with Crippen LogP contribution in [0.25, 0.3) is 0 Å². The molecule has 1 spiro atoms. The number of aromatic nitrogens is 2. The molecule has 1 aliphatic heterocycles. The van der Waals surface area contributed by atoms with E-state index >= 15 is 0 Å². The first-order chi connectivity index (χ1) is 14.8. The summed E-state index contributed by atoms with van der Waals surface area (Å²) in [6, 6.07) is -0.689. The van der Waals surface area contributed by atoms with E-state index in [1.807, 2.05) is 17.7 Å². The van der Waals surface area contributed by atoms with Crippen LogP contribution in [0.1, 0.15) is 69.7 Å². The van der Waals surface area contributed by atoms with Gasteiger partial charge in [-0.1, -0.05) is 12.8 Å². The number of urea groups is 1. The molecule has 9 heteroatoms. The number of imide groups is 1. The molecule has 2 N–H and O–H groups in total. The number of aryl methyl sites for hydroxylation is 1. The minimum Gasteiger partial charge on any atom is -0.389 e. The Morgan fingerprint density at radius 1 is 1.29 bits per heavy atom. The monoisotopic (exact) mass is 431 g/mol. The second-order valence-corrected chi connectivity index (χ2v) is 9.22. The number of rotatable bonds is 6. The van der Waals surface area contributed by atoms with Crippen molar-refractivity contribution in [2.75, 3.05) is 13.6 Å². The number of hydrogen-bond acceptors (Lipinski definition) is 5. The Hall–Kier alpha value is -2.42. The summed E-state index contributed by atoms with van der Waals surface area (Å²) in [5.41, 5.74) is -0.704. The van der Waals surface area contributed by atoms with Gasteiger partial charge in [0.05, 0.1) is 18.2 Å². The number of aliphatic hydroxyl groups excluding tert-OH is 1. The number of carbonyl (C=O) groups is 3. The van der Waals surface area contributed by atoms with E-state index in [0.29, 0.717) is 19.3 Å². The zero-order valence-corrected chi connectivity index (χ0v) is 18.4. The van der Waals surface area contributed by atoms with Crippen molar-refractivity contribution < 1.29 is 19.5 Å². The molecule has 3 aliphatic rings. The van der Waals surface area contributed by atoms with Crippen LogP contribution >= 0.6 is 0 Å². The van der Waals surface area contributed by atoms with Crippen LogP contribution in [0, 0.1) is 6.92 Å². The van der Waals surface area contributed by atoms with Gasteiger partial charge in [0.25, 0.3) is 5.91 Å². The van der Waals surface area contributed by atoms with Crippen molar-refractivity contribution in [2.45, 2.75) is 88.4 Å². The first kappa shape index (κ1) is 21.8. The minimum atomic E-state index is -0.704. The summed E-state index contributed by atoms with van der Waals surface area (Å²) in [6.07, 6.45) is 9.43. The fourth-order valence-corrected chi connectivity index (χ4v) is 5.54. The van der Waals surface area contributed by atoms with E-state index in [9.17, 15) is 19.5 Å². The van der Waals surface area contributed by atoms with Crippen molar-refractivity contribution >= 4 is 17.8 Å². The SMILES string of the molecule is Cc1nccn1[C@@H]1CCC[C@@H](N(C)C(=O)CCCN2C(=O)NC3(CCCC3)C2=O)[C@H]1O. The van der Waals surface area contributed by atoms with E-state index in [1.54, 1.807) is 18.1 Å². The summed E-state index contributed by atoms with van der Waals surface area (Å²) in [5.74, 6) is 0.638. The highest BCUT2D eigenvalue weighted by atomic mass is 16.3. The number of carbonyl (C=O) groups excluding carboxylic acids is 3. The van der Waals surface area contributed by atoms with Crippen molar-refractivity contribution in [2.24, 2.45) is 0 Å². The predicted molar refractivity (Wildman–Crippen MR) is 113 cm³/mol. The second kappa shape index (κ2) is 8.61. The fourth-order valence-electron chi connectivity index (χ4n) is 5.54. The van der Waals surface area contributed by atoms with Crippen LogP contribution in [-0.2, 0) is 9.59 Å². The molecule has 31 heavy (non-hydrogen) atoms. The molecule has 9 nitrogen and oxygen atoms in total. The Morgan fingerprint density at radius 2 is 2.03 bits per heavy atom. The maximum absolute atomic E-state index is 12.8. The minimum absolute atomic E-state index is 0.0744. The van der Waals surface area contributed by atoms with Gasteiger partial charge in [-0.3, -0.25) is 14.5 Å². The average Bonchev–Trinajstić information content (AvgIpc) is 3.44. The predicted octanol–water partition coefficient (Wildman–Crippen LogP) is 1.75. The van der Waals surface area contributed by atoms with E-state index < -0.39 is 11.6 Å². The zero-order valence-electron chi connectivity index (χ0n) is 18.4. The maximum Gasteiger partial charge on any atom is 0.325 e. The standard InChI is InChI=1S/C22H33N5O4/c1-15-23-12-14-26(15)17-8-5-7-16(19(17)29)25(2)18(28)9-6-13-27-20(30)22(24-21(27)31)10-3-4-11-22/h12,14,16-17,19,29H,3-11,13H2,1-2H3,(H,24,31)/t16-,17-,19-/m1/s1. The molecular formula is C22H33N5O4. The molecule has 0 unspecified atom stereocenters. The number of amides is 4. The number of nitrogens with one attached hydrogen (secondary N) is 1. The Balaban J connectivity index is 1.31. The second-order valence-electron chi connectivity index (χ2n) is 9.22. The molecule has 2 saturated carbocycles. The third kappa shape index (κ3) is 3.95. The van der Waals surface area contributed by atoms with Gasteiger partial charge in [0.1, 0.15) is 11.4 Å². The maximum atomic E-state index is 12.8. The molecule has 1 aromatic heterocycles. The molecule has 170 valence electrons. The normalized spacial score (nSPS) is 27.7. The molecule has 2 heterocycles. The third-order valence-corrected chi connectivity index (χ3v) is 7.37. The van der Waals surface area contributed by atoms with E-state index in [-0.39, 0.29) is 42.9 Å². The lowest BCUT2D eigenvalue weighted by molar-refractivity contribution is -0.137. The Bertz CT molecular complexity index is 847. The summed E-state index contributed by atoms with van der Waals surface area (Å²) < 4.78 is 1.99. The number of likely N-dealkylation sites (N-methyl/N-ethyl adjacent to an activating group) is 1. The van der Waals surface area contributed by atoms with E-state index in [1.165, 1.54) is 4.90 Å². The van der Waals surface area contributed by atoms with Gasteiger partial charge in [-0.25, -0.2) is 9.78 Å². The highest BCUT2D eigenvalue weighted by Crippen LogP contribution is 2.35. The van der Waals surface area contributed by atoms with Gasteiger partial charge in [0, 0.05) is 32.4 Å². The topological polar surface area (TPSA) is 108 Å². The highest BCUT2D eigenvalue weighted by molar-refractivity contribution is 6.07. The van der Waals surface area contributed by atoms with Gasteiger partial charge in [-0.05, 0) is 45.4 Å². The molecular weight excluding hydrogens is 398 g/mol. The van der Waals surface area contributed by atoms with Crippen molar-refractivity contribution in [1.29, 1.82) is 0 Å². The fraction of sp³-hybridized carbons (Fsp3) is 0.727. The van der Waals surface area contributed by atoms with Gasteiger partial charge in [0.2, 0.25) is 5.91 Å². The number of hydrogen-bond donors (Lipinski definition) is 2. The molecule has 2 aliphatic carbocycles. The van der Waals surface area contributed by atoms with E-state index in [0.717, 1.165) is 37.9 Å². The summed E-state index contributed by atoms with van der Waals surface area (Å²) in [6.45, 7) is 2.16. The molecule has 4 rings (SSSR count). The summed E-state index contributed by atoms with van der Waals surface area (Å²) in [4.78, 5) is 45.0. The highest BCUT2D eigenvalue weighted by Gasteiger charge is 2.52. The Labute approximate surface area is 182 Å². The lowest BCUT2D eigenvalue weighted by Gasteiger charge is -2.40. The molecule has 0 bridgehead atoms.